The lowest BCUT2D eigenvalue weighted by atomic mass is 9.99. The summed E-state index contributed by atoms with van der Waals surface area (Å²) >= 11 is 4.21. The fourth-order valence-electron chi connectivity index (χ4n) is 4.10. The summed E-state index contributed by atoms with van der Waals surface area (Å²) in [7, 11) is 7.57. The first-order valence-corrected chi connectivity index (χ1v) is 13.3. The van der Waals surface area contributed by atoms with Gasteiger partial charge in [-0.3, -0.25) is 4.90 Å². The Morgan fingerprint density at radius 1 is 0.969 bits per heavy atom. The smallest absolute Gasteiger partial charge is 0.160 e. The molecule has 0 aliphatic carbocycles. The number of methoxy groups -OCH3 is 2. The highest BCUT2D eigenvalue weighted by molar-refractivity contribution is 8.18. The molecule has 1 atom stereocenters. The lowest BCUT2D eigenvalue weighted by molar-refractivity contribution is 0.236. The van der Waals surface area contributed by atoms with Gasteiger partial charge in [-0.15, -0.1) is 23.5 Å². The number of hydrogen-bond donors (Lipinski definition) is 0. The van der Waals surface area contributed by atoms with E-state index in [1.54, 1.807) is 14.2 Å². The summed E-state index contributed by atoms with van der Waals surface area (Å²) in [5.74, 6) is 4.54. The molecule has 32 heavy (non-hydrogen) atoms. The van der Waals surface area contributed by atoms with Crippen LogP contribution < -0.4 is 14.4 Å². The molecule has 0 amide bonds. The highest BCUT2D eigenvalue weighted by atomic mass is 32.2. The van der Waals surface area contributed by atoms with Crippen molar-refractivity contribution in [3.63, 3.8) is 0 Å². The molecule has 0 aromatic heterocycles. The van der Waals surface area contributed by atoms with Crippen LogP contribution in [-0.4, -0.2) is 62.0 Å². The molecule has 0 saturated carbocycles. The van der Waals surface area contributed by atoms with Crippen LogP contribution >= 0.6 is 23.5 Å². The quantitative estimate of drug-likeness (QED) is 0.421. The maximum atomic E-state index is 5.52. The van der Waals surface area contributed by atoms with Crippen LogP contribution in [0, 0.1) is 0 Å². The Hall–Kier alpha value is -1.50. The van der Waals surface area contributed by atoms with Crippen molar-refractivity contribution in [3.8, 4) is 11.5 Å². The van der Waals surface area contributed by atoms with Gasteiger partial charge in [0, 0.05) is 32.9 Å². The van der Waals surface area contributed by atoms with Crippen molar-refractivity contribution in [2.75, 3.05) is 57.8 Å². The fourth-order valence-corrected chi connectivity index (χ4v) is 7.15. The van der Waals surface area contributed by atoms with E-state index in [2.05, 4.69) is 97.7 Å². The van der Waals surface area contributed by atoms with Gasteiger partial charge in [-0.2, -0.15) is 0 Å². The zero-order valence-corrected chi connectivity index (χ0v) is 22.0. The lowest BCUT2D eigenvalue weighted by Gasteiger charge is -2.44. The van der Waals surface area contributed by atoms with Crippen LogP contribution in [0.5, 0.6) is 11.5 Å². The Morgan fingerprint density at radius 3 is 2.22 bits per heavy atom. The van der Waals surface area contributed by atoms with Gasteiger partial charge in [-0.1, -0.05) is 25.1 Å². The first-order valence-electron chi connectivity index (χ1n) is 11.4. The second-order valence-corrected chi connectivity index (χ2v) is 12.0. The Kier molecular flexibility index (Phi) is 9.09. The first-order chi connectivity index (χ1) is 15.4. The summed E-state index contributed by atoms with van der Waals surface area (Å²) in [4.78, 5) is 4.85. The summed E-state index contributed by atoms with van der Waals surface area (Å²) in [6, 6.07) is 15.3. The zero-order valence-electron chi connectivity index (χ0n) is 20.4. The molecule has 0 spiro atoms. The minimum Gasteiger partial charge on any atom is -0.493 e. The molecule has 1 aliphatic heterocycles. The van der Waals surface area contributed by atoms with Crippen LogP contribution in [0.15, 0.2) is 42.5 Å². The molecule has 2 aromatic carbocycles. The topological polar surface area (TPSA) is 24.9 Å². The van der Waals surface area contributed by atoms with E-state index in [1.807, 2.05) is 6.07 Å². The normalized spacial score (nSPS) is 16.6. The highest BCUT2D eigenvalue weighted by Crippen LogP contribution is 2.45. The molecule has 3 rings (SSSR count). The van der Waals surface area contributed by atoms with Gasteiger partial charge in [0.1, 0.15) is 4.20 Å². The molecule has 1 unspecified atom stereocenters. The van der Waals surface area contributed by atoms with Crippen LogP contribution in [0.1, 0.15) is 37.3 Å². The number of rotatable bonds is 10. The predicted octanol–water partition coefficient (Wildman–Crippen LogP) is 5.96. The molecule has 1 fully saturated rings. The number of thioether (sulfide) groups is 2. The standard InChI is InChI=1S/C26H38N2O2S2/c1-20(22-9-11-23(12-10-22)27(3)4)19-28(26(2)31-16-7-17-32-26)15-14-21-8-13-24(29-5)25(18-21)30-6/h8-13,18,20H,7,14-17,19H2,1-6H3. The average Bonchev–Trinajstić information content (AvgIpc) is 2.81. The van der Waals surface area contributed by atoms with E-state index < -0.39 is 0 Å². The minimum atomic E-state index is 0.118. The number of ether oxygens (including phenoxy) is 2. The van der Waals surface area contributed by atoms with Crippen molar-refractivity contribution < 1.29 is 9.47 Å². The third-order valence-corrected chi connectivity index (χ3v) is 9.47. The van der Waals surface area contributed by atoms with E-state index in [9.17, 15) is 0 Å². The first kappa shape index (κ1) is 25.1. The molecule has 0 N–H and O–H groups in total. The van der Waals surface area contributed by atoms with Crippen molar-refractivity contribution >= 4 is 29.2 Å². The van der Waals surface area contributed by atoms with Crippen LogP contribution in [0.25, 0.3) is 0 Å². The number of anilines is 1. The van der Waals surface area contributed by atoms with Crippen molar-refractivity contribution in [2.45, 2.75) is 36.8 Å². The van der Waals surface area contributed by atoms with Gasteiger partial charge >= 0.3 is 0 Å². The van der Waals surface area contributed by atoms with Gasteiger partial charge in [0.25, 0.3) is 0 Å². The second-order valence-electron chi connectivity index (χ2n) is 8.72. The van der Waals surface area contributed by atoms with E-state index in [0.717, 1.165) is 31.0 Å². The molecule has 0 radical (unpaired) electrons. The van der Waals surface area contributed by atoms with Gasteiger partial charge in [0.2, 0.25) is 0 Å². The Balaban J connectivity index is 1.75. The predicted molar refractivity (Wildman–Crippen MR) is 142 cm³/mol. The molecular formula is C26H38N2O2S2. The maximum absolute atomic E-state index is 5.52. The van der Waals surface area contributed by atoms with Crippen LogP contribution in [0.2, 0.25) is 0 Å². The van der Waals surface area contributed by atoms with Crippen molar-refractivity contribution in [1.29, 1.82) is 0 Å². The van der Waals surface area contributed by atoms with E-state index in [0.29, 0.717) is 5.92 Å². The van der Waals surface area contributed by atoms with Crippen molar-refractivity contribution in [1.82, 2.24) is 4.90 Å². The van der Waals surface area contributed by atoms with Gasteiger partial charge in [0.05, 0.1) is 14.2 Å². The molecule has 6 heteroatoms. The van der Waals surface area contributed by atoms with Crippen molar-refractivity contribution in [3.05, 3.63) is 53.6 Å². The largest absolute Gasteiger partial charge is 0.493 e. The Labute approximate surface area is 203 Å². The average molecular weight is 475 g/mol. The van der Waals surface area contributed by atoms with Gasteiger partial charge < -0.3 is 14.4 Å². The monoisotopic (exact) mass is 474 g/mol. The fraction of sp³-hybridized carbons (Fsp3) is 0.538. The third kappa shape index (κ3) is 6.30. The van der Waals surface area contributed by atoms with Gasteiger partial charge in [0.15, 0.2) is 11.5 Å². The second kappa shape index (κ2) is 11.6. The van der Waals surface area contributed by atoms with Gasteiger partial charge in [-0.25, -0.2) is 0 Å². The third-order valence-electron chi connectivity index (χ3n) is 6.19. The van der Waals surface area contributed by atoms with E-state index in [1.165, 1.54) is 34.7 Å². The molecule has 176 valence electrons. The number of benzene rings is 2. The molecule has 0 bridgehead atoms. The lowest BCUT2D eigenvalue weighted by Crippen LogP contribution is -2.46. The summed E-state index contributed by atoms with van der Waals surface area (Å²) in [5, 5.41) is 0. The molecule has 4 nitrogen and oxygen atoms in total. The number of hydrogen-bond acceptors (Lipinski definition) is 6. The molecular weight excluding hydrogens is 436 g/mol. The summed E-state index contributed by atoms with van der Waals surface area (Å²) in [6.07, 6.45) is 2.29. The van der Waals surface area contributed by atoms with E-state index in [4.69, 9.17) is 9.47 Å². The zero-order chi connectivity index (χ0) is 23.1. The summed E-state index contributed by atoms with van der Waals surface area (Å²) in [5.41, 5.74) is 3.93. The van der Waals surface area contributed by atoms with Crippen molar-refractivity contribution in [2.24, 2.45) is 0 Å². The summed E-state index contributed by atoms with van der Waals surface area (Å²) < 4.78 is 11.0. The maximum Gasteiger partial charge on any atom is 0.160 e. The van der Waals surface area contributed by atoms with Crippen LogP contribution in [0.4, 0.5) is 5.69 Å². The van der Waals surface area contributed by atoms with Crippen LogP contribution in [-0.2, 0) is 6.42 Å². The van der Waals surface area contributed by atoms with Gasteiger partial charge in [-0.05, 0) is 72.6 Å². The van der Waals surface area contributed by atoms with Crippen LogP contribution in [0.3, 0.4) is 0 Å². The molecule has 1 heterocycles. The molecule has 1 saturated heterocycles. The highest BCUT2D eigenvalue weighted by Gasteiger charge is 2.35. The Bertz CT molecular complexity index is 851. The molecule has 2 aromatic rings. The number of nitrogens with zero attached hydrogens (tertiary/aromatic N) is 2. The molecule has 1 aliphatic rings. The minimum absolute atomic E-state index is 0.118. The van der Waals surface area contributed by atoms with E-state index >= 15 is 0 Å². The van der Waals surface area contributed by atoms with E-state index in [-0.39, 0.29) is 4.20 Å². The SMILES string of the molecule is COc1ccc(CCN(CC(C)c2ccc(N(C)C)cc2)C2(C)SCCCS2)cc1OC. The Morgan fingerprint density at radius 2 is 1.62 bits per heavy atom. The summed E-state index contributed by atoms with van der Waals surface area (Å²) in [6.45, 7) is 6.84.